The highest BCUT2D eigenvalue weighted by atomic mass is 127. The molecule has 0 aliphatic rings. The van der Waals surface area contributed by atoms with Crippen LogP contribution in [-0.2, 0) is 0 Å². The number of hydrogen-bond donors (Lipinski definition) is 1. The minimum Gasteiger partial charge on any atom is -0.507 e. The molecule has 0 radical (unpaired) electrons. The predicted octanol–water partition coefficient (Wildman–Crippen LogP) is 2.11. The number of nitro benzene ring substituents is 1. The molecule has 0 saturated carbocycles. The first kappa shape index (κ1) is 10.9. The molecule has 0 amide bonds. The van der Waals surface area contributed by atoms with Gasteiger partial charge in [-0.2, -0.15) is 0 Å². The third-order valence-corrected chi connectivity index (χ3v) is 2.51. The predicted molar refractivity (Wildman–Crippen MR) is 57.5 cm³/mol. The zero-order valence-electron chi connectivity index (χ0n) is 7.15. The molecular formula is C8H6INO4. The number of nitrogens with zero attached hydrogens (tertiary/aromatic N) is 1. The minimum atomic E-state index is -0.641. The summed E-state index contributed by atoms with van der Waals surface area (Å²) < 4.78 is 0.347. The number of carbonyl (C=O) groups excluding carboxylic acids is 1. The average molecular weight is 307 g/mol. The number of rotatable bonds is 2. The van der Waals surface area contributed by atoms with Crippen molar-refractivity contribution >= 4 is 34.1 Å². The fraction of sp³-hybridized carbons (Fsp3) is 0.125. The van der Waals surface area contributed by atoms with Crippen molar-refractivity contribution in [2.75, 3.05) is 0 Å². The van der Waals surface area contributed by atoms with Crippen LogP contribution in [0.5, 0.6) is 5.75 Å². The Morgan fingerprint density at radius 3 is 2.57 bits per heavy atom. The average Bonchev–Trinajstić information content (AvgIpc) is 2.08. The molecule has 1 aromatic carbocycles. The van der Waals surface area contributed by atoms with Crippen molar-refractivity contribution in [3.05, 3.63) is 31.4 Å². The maximum atomic E-state index is 11.0. The second-order valence-corrected chi connectivity index (χ2v) is 3.80. The van der Waals surface area contributed by atoms with Crippen molar-refractivity contribution in [1.29, 1.82) is 0 Å². The van der Waals surface area contributed by atoms with Crippen LogP contribution in [0.15, 0.2) is 12.1 Å². The Bertz CT molecular complexity index is 377. The molecule has 0 aromatic heterocycles. The number of phenols is 1. The standard InChI is InChI=1S/C8H6INO4/c1-4(11)5-2-8(12)6(9)3-7(5)10(13)14/h2-3,12H,1H3. The maximum absolute atomic E-state index is 11.0. The van der Waals surface area contributed by atoms with E-state index < -0.39 is 10.7 Å². The van der Waals surface area contributed by atoms with Gasteiger partial charge in [0.2, 0.25) is 0 Å². The van der Waals surface area contributed by atoms with Crippen LogP contribution in [-0.4, -0.2) is 15.8 Å². The van der Waals surface area contributed by atoms with Crippen molar-refractivity contribution in [3.8, 4) is 5.75 Å². The molecule has 0 bridgehead atoms. The molecule has 0 saturated heterocycles. The second kappa shape index (κ2) is 3.91. The Labute approximate surface area is 93.0 Å². The fourth-order valence-electron chi connectivity index (χ4n) is 0.984. The van der Waals surface area contributed by atoms with E-state index in [1.807, 2.05) is 0 Å². The third kappa shape index (κ3) is 2.00. The molecule has 0 aliphatic carbocycles. The number of nitro groups is 1. The summed E-state index contributed by atoms with van der Waals surface area (Å²) in [7, 11) is 0. The molecule has 0 unspecified atom stereocenters. The number of benzene rings is 1. The normalized spacial score (nSPS) is 9.86. The highest BCUT2D eigenvalue weighted by Crippen LogP contribution is 2.29. The molecule has 1 rings (SSSR count). The monoisotopic (exact) mass is 307 g/mol. The van der Waals surface area contributed by atoms with E-state index in [9.17, 15) is 20.0 Å². The van der Waals surface area contributed by atoms with Crippen molar-refractivity contribution < 1.29 is 14.8 Å². The van der Waals surface area contributed by atoms with Gasteiger partial charge in [0.05, 0.1) is 14.1 Å². The first-order valence-corrected chi connectivity index (χ1v) is 4.69. The van der Waals surface area contributed by atoms with Gasteiger partial charge >= 0.3 is 0 Å². The van der Waals surface area contributed by atoms with E-state index in [1.165, 1.54) is 13.0 Å². The summed E-state index contributed by atoms with van der Waals surface area (Å²) in [5.74, 6) is -0.565. The molecule has 0 spiro atoms. The van der Waals surface area contributed by atoms with E-state index in [4.69, 9.17) is 0 Å². The molecule has 0 heterocycles. The Morgan fingerprint density at radius 1 is 1.57 bits per heavy atom. The summed E-state index contributed by atoms with van der Waals surface area (Å²) in [4.78, 5) is 20.9. The third-order valence-electron chi connectivity index (χ3n) is 1.64. The Morgan fingerprint density at radius 2 is 2.14 bits per heavy atom. The molecule has 1 N–H and O–H groups in total. The van der Waals surface area contributed by atoms with Crippen LogP contribution in [0.4, 0.5) is 5.69 Å². The summed E-state index contributed by atoms with van der Waals surface area (Å²) >= 11 is 1.76. The topological polar surface area (TPSA) is 80.4 Å². The van der Waals surface area contributed by atoms with Gasteiger partial charge in [0.15, 0.2) is 5.78 Å². The molecule has 6 heteroatoms. The lowest BCUT2D eigenvalue weighted by Gasteiger charge is -2.01. The summed E-state index contributed by atoms with van der Waals surface area (Å²) in [5.41, 5.74) is -0.354. The van der Waals surface area contributed by atoms with E-state index in [2.05, 4.69) is 0 Å². The van der Waals surface area contributed by atoms with Crippen LogP contribution in [0.1, 0.15) is 17.3 Å². The van der Waals surface area contributed by atoms with E-state index in [-0.39, 0.29) is 17.0 Å². The number of carbonyl (C=O) groups is 1. The van der Waals surface area contributed by atoms with Crippen LogP contribution in [0, 0.1) is 13.7 Å². The van der Waals surface area contributed by atoms with Crippen LogP contribution in [0.2, 0.25) is 0 Å². The van der Waals surface area contributed by atoms with E-state index in [0.717, 1.165) is 6.07 Å². The number of phenolic OH excluding ortho intramolecular Hbond substituents is 1. The Balaban J connectivity index is 3.46. The van der Waals surface area contributed by atoms with Gasteiger partial charge in [0, 0.05) is 6.07 Å². The molecular weight excluding hydrogens is 301 g/mol. The van der Waals surface area contributed by atoms with Gasteiger partial charge in [-0.3, -0.25) is 14.9 Å². The lowest BCUT2D eigenvalue weighted by Crippen LogP contribution is -2.00. The first-order valence-electron chi connectivity index (χ1n) is 3.61. The quantitative estimate of drug-likeness (QED) is 0.393. The van der Waals surface area contributed by atoms with E-state index in [1.54, 1.807) is 22.6 Å². The summed E-state index contributed by atoms with van der Waals surface area (Å²) in [5, 5.41) is 19.8. The summed E-state index contributed by atoms with van der Waals surface area (Å²) in [6.07, 6.45) is 0. The molecule has 1 aromatic rings. The lowest BCUT2D eigenvalue weighted by molar-refractivity contribution is -0.385. The number of halogens is 1. The zero-order chi connectivity index (χ0) is 10.9. The van der Waals surface area contributed by atoms with Crippen LogP contribution in [0.3, 0.4) is 0 Å². The molecule has 14 heavy (non-hydrogen) atoms. The number of Topliss-reactive ketones (excluding diaryl/α,β-unsaturated/α-hetero) is 1. The fourth-order valence-corrected chi connectivity index (χ4v) is 1.44. The van der Waals surface area contributed by atoms with Crippen molar-refractivity contribution in [2.45, 2.75) is 6.92 Å². The molecule has 5 nitrogen and oxygen atoms in total. The Kier molecular flexibility index (Phi) is 3.04. The maximum Gasteiger partial charge on any atom is 0.281 e. The smallest absolute Gasteiger partial charge is 0.281 e. The zero-order valence-corrected chi connectivity index (χ0v) is 9.31. The van der Waals surface area contributed by atoms with Crippen molar-refractivity contribution in [1.82, 2.24) is 0 Å². The molecule has 0 fully saturated rings. The Hall–Kier alpha value is -1.18. The highest BCUT2D eigenvalue weighted by Gasteiger charge is 2.19. The van der Waals surface area contributed by atoms with Gasteiger partial charge in [0.1, 0.15) is 5.75 Å². The first-order chi connectivity index (χ1) is 6.43. The van der Waals surface area contributed by atoms with Gasteiger partial charge in [-0.1, -0.05) is 0 Å². The van der Waals surface area contributed by atoms with Crippen molar-refractivity contribution in [2.24, 2.45) is 0 Å². The number of aromatic hydroxyl groups is 1. The summed E-state index contributed by atoms with van der Waals surface area (Å²) in [6, 6.07) is 2.29. The van der Waals surface area contributed by atoms with Crippen molar-refractivity contribution in [3.63, 3.8) is 0 Å². The minimum absolute atomic E-state index is 0.0760. The van der Waals surface area contributed by atoms with Gasteiger partial charge in [-0.25, -0.2) is 0 Å². The molecule has 0 atom stereocenters. The number of hydrogen-bond acceptors (Lipinski definition) is 4. The van der Waals surface area contributed by atoms with Gasteiger partial charge in [0.25, 0.3) is 5.69 Å². The van der Waals surface area contributed by atoms with E-state index in [0.29, 0.717) is 3.57 Å². The van der Waals surface area contributed by atoms with Crippen LogP contribution < -0.4 is 0 Å². The van der Waals surface area contributed by atoms with Gasteiger partial charge in [-0.15, -0.1) is 0 Å². The number of ketones is 1. The van der Waals surface area contributed by atoms with Gasteiger partial charge < -0.3 is 5.11 Å². The van der Waals surface area contributed by atoms with E-state index >= 15 is 0 Å². The summed E-state index contributed by atoms with van der Waals surface area (Å²) in [6.45, 7) is 1.22. The van der Waals surface area contributed by atoms with Crippen LogP contribution >= 0.6 is 22.6 Å². The largest absolute Gasteiger partial charge is 0.507 e. The van der Waals surface area contributed by atoms with Crippen LogP contribution in [0.25, 0.3) is 0 Å². The highest BCUT2D eigenvalue weighted by molar-refractivity contribution is 14.1. The van der Waals surface area contributed by atoms with Gasteiger partial charge in [-0.05, 0) is 35.6 Å². The second-order valence-electron chi connectivity index (χ2n) is 2.63. The molecule has 0 aliphatic heterocycles. The lowest BCUT2D eigenvalue weighted by atomic mass is 10.1. The SMILES string of the molecule is CC(=O)c1cc(O)c(I)cc1[N+](=O)[O-]. The molecule has 74 valence electrons.